The maximum Gasteiger partial charge on any atom is 0.241 e. The number of primary sulfonamides is 1. The van der Waals surface area contributed by atoms with Crippen molar-refractivity contribution in [2.24, 2.45) is 11.1 Å². The molecule has 0 aliphatic carbocycles. The van der Waals surface area contributed by atoms with Crippen LogP contribution in [0.1, 0.15) is 17.0 Å². The molecule has 1 aliphatic rings. The van der Waals surface area contributed by atoms with Gasteiger partial charge in [-0.05, 0) is 48.7 Å². The average molecular weight is 417 g/mol. The van der Waals surface area contributed by atoms with Crippen LogP contribution in [-0.4, -0.2) is 41.9 Å². The van der Waals surface area contributed by atoms with E-state index in [-0.39, 0.29) is 53.5 Å². The van der Waals surface area contributed by atoms with Crippen molar-refractivity contribution in [2.75, 3.05) is 13.1 Å². The lowest BCUT2D eigenvalue weighted by atomic mass is 9.84. The SMILES string of the molecule is Cl.NS(=O)(=O)c1ccc(O)c(C[C@H]2CNC[C@@H]2c2ccc(O)c(O)c2)c1O. The lowest BCUT2D eigenvalue weighted by molar-refractivity contribution is 0.400. The van der Waals surface area contributed by atoms with Crippen molar-refractivity contribution in [1.82, 2.24) is 5.32 Å². The predicted molar refractivity (Wildman–Crippen MR) is 101 cm³/mol. The molecule has 0 unspecified atom stereocenters. The molecule has 0 amide bonds. The second kappa shape index (κ2) is 7.81. The maximum absolute atomic E-state index is 11.6. The predicted octanol–water partition coefficient (Wildman–Crippen LogP) is 1.12. The lowest BCUT2D eigenvalue weighted by Crippen LogP contribution is -2.16. The summed E-state index contributed by atoms with van der Waals surface area (Å²) in [5, 5.41) is 47.9. The van der Waals surface area contributed by atoms with E-state index < -0.39 is 20.7 Å². The van der Waals surface area contributed by atoms with Crippen LogP contribution in [0, 0.1) is 5.92 Å². The summed E-state index contributed by atoms with van der Waals surface area (Å²) >= 11 is 0. The van der Waals surface area contributed by atoms with Crippen LogP contribution in [0.2, 0.25) is 0 Å². The van der Waals surface area contributed by atoms with Gasteiger partial charge in [-0.25, -0.2) is 13.6 Å². The first-order chi connectivity index (χ1) is 12.2. The minimum atomic E-state index is -4.12. The second-order valence-corrected chi connectivity index (χ2v) is 7.96. The molecule has 2 aromatic carbocycles. The van der Waals surface area contributed by atoms with E-state index in [4.69, 9.17) is 5.14 Å². The van der Waals surface area contributed by atoms with E-state index in [9.17, 15) is 28.8 Å². The number of benzene rings is 2. The highest BCUT2D eigenvalue weighted by molar-refractivity contribution is 7.89. The number of rotatable bonds is 4. The van der Waals surface area contributed by atoms with Gasteiger partial charge in [0.1, 0.15) is 16.4 Å². The van der Waals surface area contributed by atoms with E-state index in [1.165, 1.54) is 18.2 Å². The molecule has 148 valence electrons. The second-order valence-electron chi connectivity index (χ2n) is 6.43. The van der Waals surface area contributed by atoms with Crippen LogP contribution in [0.25, 0.3) is 0 Å². The van der Waals surface area contributed by atoms with Crippen LogP contribution in [0.3, 0.4) is 0 Å². The fraction of sp³-hybridized carbons (Fsp3) is 0.294. The van der Waals surface area contributed by atoms with Crippen LogP contribution in [0.15, 0.2) is 35.2 Å². The van der Waals surface area contributed by atoms with Gasteiger partial charge >= 0.3 is 0 Å². The number of nitrogens with two attached hydrogens (primary N) is 1. The minimum Gasteiger partial charge on any atom is -0.508 e. The molecule has 0 aromatic heterocycles. The Labute approximate surface area is 162 Å². The molecule has 2 atom stereocenters. The van der Waals surface area contributed by atoms with E-state index in [2.05, 4.69) is 5.32 Å². The summed E-state index contributed by atoms with van der Waals surface area (Å²) in [6.45, 7) is 1.18. The fourth-order valence-electron chi connectivity index (χ4n) is 3.41. The van der Waals surface area contributed by atoms with E-state index in [1.54, 1.807) is 6.07 Å². The quantitative estimate of drug-likeness (QED) is 0.408. The molecule has 1 heterocycles. The molecule has 0 radical (unpaired) electrons. The third-order valence-corrected chi connectivity index (χ3v) is 5.70. The molecule has 8 nitrogen and oxygen atoms in total. The van der Waals surface area contributed by atoms with Gasteiger partial charge in [0, 0.05) is 18.0 Å². The first kappa shape index (κ1) is 21.1. The van der Waals surface area contributed by atoms with Crippen LogP contribution in [-0.2, 0) is 16.4 Å². The van der Waals surface area contributed by atoms with Gasteiger partial charge in [0.15, 0.2) is 11.5 Å². The van der Waals surface area contributed by atoms with Crippen LogP contribution in [0.5, 0.6) is 23.0 Å². The zero-order valence-electron chi connectivity index (χ0n) is 14.2. The first-order valence-corrected chi connectivity index (χ1v) is 9.52. The molecule has 1 saturated heterocycles. The molecule has 1 aliphatic heterocycles. The Morgan fingerprint density at radius 2 is 1.67 bits per heavy atom. The summed E-state index contributed by atoms with van der Waals surface area (Å²) in [6, 6.07) is 6.82. The van der Waals surface area contributed by atoms with Gasteiger partial charge < -0.3 is 25.7 Å². The van der Waals surface area contributed by atoms with Gasteiger partial charge in [-0.15, -0.1) is 12.4 Å². The van der Waals surface area contributed by atoms with Crippen molar-refractivity contribution in [3.8, 4) is 23.0 Å². The highest BCUT2D eigenvalue weighted by Gasteiger charge is 2.31. The standard InChI is InChI=1S/C17H20N2O6S.ClH/c18-26(24,25)16-4-3-13(20)11(17(16)23)5-10-7-19-8-12(10)9-1-2-14(21)15(22)6-9;/h1-4,6,10,12,19-23H,5,7-8H2,(H2,18,24,25);1H/t10-,12+;/m0./s1. The Hall–Kier alpha value is -2.20. The summed E-state index contributed by atoms with van der Waals surface area (Å²) in [5.74, 6) is -1.34. The van der Waals surface area contributed by atoms with Crippen LogP contribution in [0.4, 0.5) is 0 Å². The van der Waals surface area contributed by atoms with Crippen LogP contribution < -0.4 is 10.5 Å². The molecule has 0 spiro atoms. The number of aromatic hydroxyl groups is 4. The number of hydrogen-bond acceptors (Lipinski definition) is 7. The zero-order valence-corrected chi connectivity index (χ0v) is 15.8. The first-order valence-electron chi connectivity index (χ1n) is 7.97. The lowest BCUT2D eigenvalue weighted by Gasteiger charge is -2.21. The average Bonchev–Trinajstić information content (AvgIpc) is 3.01. The number of nitrogens with one attached hydrogen (secondary N) is 1. The summed E-state index contributed by atoms with van der Waals surface area (Å²) < 4.78 is 23.2. The smallest absolute Gasteiger partial charge is 0.241 e. The summed E-state index contributed by atoms with van der Waals surface area (Å²) in [4.78, 5) is -0.435. The molecule has 27 heavy (non-hydrogen) atoms. The van der Waals surface area contributed by atoms with Gasteiger partial charge in [0.25, 0.3) is 0 Å². The Bertz CT molecular complexity index is 951. The summed E-state index contributed by atoms with van der Waals surface area (Å²) in [6.07, 6.45) is 0.209. The number of hydrogen-bond donors (Lipinski definition) is 6. The van der Waals surface area contributed by atoms with Crippen molar-refractivity contribution in [1.29, 1.82) is 0 Å². The van der Waals surface area contributed by atoms with Crippen molar-refractivity contribution < 1.29 is 28.8 Å². The van der Waals surface area contributed by atoms with Gasteiger partial charge in [-0.1, -0.05) is 6.07 Å². The number of sulfonamides is 1. The largest absolute Gasteiger partial charge is 0.508 e. The molecule has 0 bridgehead atoms. The van der Waals surface area contributed by atoms with Gasteiger partial charge in [0.05, 0.1) is 0 Å². The molecule has 2 aromatic rings. The molecule has 0 saturated carbocycles. The Kier molecular flexibility index (Phi) is 6.10. The Morgan fingerprint density at radius 1 is 1.00 bits per heavy atom. The van der Waals surface area contributed by atoms with E-state index in [0.717, 1.165) is 11.6 Å². The Morgan fingerprint density at radius 3 is 2.30 bits per heavy atom. The van der Waals surface area contributed by atoms with Crippen molar-refractivity contribution in [3.05, 3.63) is 41.5 Å². The van der Waals surface area contributed by atoms with Gasteiger partial charge in [-0.3, -0.25) is 0 Å². The van der Waals surface area contributed by atoms with Crippen LogP contribution >= 0.6 is 12.4 Å². The van der Waals surface area contributed by atoms with E-state index >= 15 is 0 Å². The minimum absolute atomic E-state index is 0. The third kappa shape index (κ3) is 4.22. The Balaban J connectivity index is 0.00000261. The van der Waals surface area contributed by atoms with Gasteiger partial charge in [0.2, 0.25) is 10.0 Å². The van der Waals surface area contributed by atoms with Crippen molar-refractivity contribution >= 4 is 22.4 Å². The number of halogens is 1. The topological polar surface area (TPSA) is 153 Å². The summed E-state index contributed by atoms with van der Waals surface area (Å²) in [7, 11) is -4.12. The zero-order chi connectivity index (χ0) is 19.1. The molecular formula is C17H21ClN2O6S. The molecule has 3 rings (SSSR count). The van der Waals surface area contributed by atoms with E-state index in [0.29, 0.717) is 13.1 Å². The molecule has 1 fully saturated rings. The molecular weight excluding hydrogens is 396 g/mol. The monoisotopic (exact) mass is 416 g/mol. The van der Waals surface area contributed by atoms with Crippen molar-refractivity contribution in [2.45, 2.75) is 17.2 Å². The number of phenolic OH excluding ortho intramolecular Hbond substituents is 4. The number of phenols is 4. The van der Waals surface area contributed by atoms with Gasteiger partial charge in [-0.2, -0.15) is 0 Å². The highest BCUT2D eigenvalue weighted by atomic mass is 35.5. The maximum atomic E-state index is 11.6. The highest BCUT2D eigenvalue weighted by Crippen LogP contribution is 2.40. The third-order valence-electron chi connectivity index (χ3n) is 4.76. The summed E-state index contributed by atoms with van der Waals surface area (Å²) in [5.41, 5.74) is 0.898. The normalized spacial score (nSPS) is 19.6. The van der Waals surface area contributed by atoms with E-state index in [1.807, 2.05) is 0 Å². The fourth-order valence-corrected chi connectivity index (χ4v) is 4.06. The van der Waals surface area contributed by atoms with Crippen molar-refractivity contribution in [3.63, 3.8) is 0 Å². The molecule has 10 heteroatoms. The molecule has 7 N–H and O–H groups in total.